The fourth-order valence-corrected chi connectivity index (χ4v) is 4.39. The van der Waals surface area contributed by atoms with E-state index in [4.69, 9.17) is 0 Å². The van der Waals surface area contributed by atoms with E-state index >= 15 is 0 Å². The molecule has 0 radical (unpaired) electrons. The second-order valence-corrected chi connectivity index (χ2v) is 8.20. The lowest BCUT2D eigenvalue weighted by Crippen LogP contribution is -2.29. The summed E-state index contributed by atoms with van der Waals surface area (Å²) in [6.45, 7) is 6.59. The normalized spacial score (nSPS) is 18.0. The number of rotatable bonds is 2. The van der Waals surface area contributed by atoms with E-state index in [9.17, 15) is 9.59 Å². The fourth-order valence-electron chi connectivity index (χ4n) is 3.16. The van der Waals surface area contributed by atoms with Crippen LogP contribution in [0.4, 0.5) is 0 Å². The summed E-state index contributed by atoms with van der Waals surface area (Å²) >= 11 is 1.56. The average molecular weight is 335 g/mol. The van der Waals surface area contributed by atoms with Crippen LogP contribution in [-0.4, -0.2) is 28.1 Å². The molecule has 0 aromatic carbocycles. The van der Waals surface area contributed by atoms with Crippen LogP contribution in [0.1, 0.15) is 37.6 Å². The minimum atomic E-state index is -0.502. The maximum absolute atomic E-state index is 12.7. The van der Waals surface area contributed by atoms with Gasteiger partial charge in [-0.05, 0) is 36.2 Å². The van der Waals surface area contributed by atoms with E-state index in [1.807, 2.05) is 0 Å². The lowest BCUT2D eigenvalue weighted by molar-refractivity contribution is -0.141. The van der Waals surface area contributed by atoms with E-state index in [0.29, 0.717) is 16.1 Å². The Bertz CT molecular complexity index is 816. The molecular weight excluding hydrogens is 314 g/mol. The molecule has 0 saturated carbocycles. The van der Waals surface area contributed by atoms with E-state index in [2.05, 4.69) is 35.8 Å². The number of ether oxygens (including phenoxy) is 1. The first-order valence-electron chi connectivity index (χ1n) is 7.76. The summed E-state index contributed by atoms with van der Waals surface area (Å²) in [5.41, 5.74) is 1.11. The van der Waals surface area contributed by atoms with Gasteiger partial charge < -0.3 is 4.74 Å². The highest BCUT2D eigenvalue weighted by molar-refractivity contribution is 7.18. The molecule has 0 bridgehead atoms. The predicted molar refractivity (Wildman–Crippen MR) is 88.7 cm³/mol. The maximum Gasteiger partial charge on any atom is 0.327 e. The van der Waals surface area contributed by atoms with Gasteiger partial charge in [-0.1, -0.05) is 26.0 Å². The van der Waals surface area contributed by atoms with Gasteiger partial charge in [-0.3, -0.25) is 9.59 Å². The summed E-state index contributed by atoms with van der Waals surface area (Å²) < 4.78 is 5.70. The standard InChI is InChI=1S/C16H21N3O3S/c1-16(2,3)9-5-6-10-11(7-9)23-14-13(10)15(21)19(18-17-14)8-12(20)22-4/h9H,5-8H2,1-4H3/t9-/m0/s1. The van der Waals surface area contributed by atoms with Crippen LogP contribution in [0.5, 0.6) is 0 Å². The van der Waals surface area contributed by atoms with Gasteiger partial charge in [0.05, 0.1) is 12.5 Å². The molecule has 0 aliphatic heterocycles. The first kappa shape index (κ1) is 16.1. The molecule has 124 valence electrons. The van der Waals surface area contributed by atoms with Gasteiger partial charge in [0.15, 0.2) is 4.83 Å². The molecule has 1 aliphatic rings. The molecule has 7 heteroatoms. The lowest BCUT2D eigenvalue weighted by atomic mass is 9.72. The number of carbonyl (C=O) groups is 1. The Morgan fingerprint density at radius 3 is 2.83 bits per heavy atom. The summed E-state index contributed by atoms with van der Waals surface area (Å²) in [4.78, 5) is 26.0. The van der Waals surface area contributed by atoms with Gasteiger partial charge in [-0.2, -0.15) is 4.68 Å². The molecule has 6 nitrogen and oxygen atoms in total. The molecule has 0 saturated heterocycles. The van der Waals surface area contributed by atoms with Crippen molar-refractivity contribution in [3.63, 3.8) is 0 Å². The van der Waals surface area contributed by atoms with Gasteiger partial charge >= 0.3 is 5.97 Å². The highest BCUT2D eigenvalue weighted by atomic mass is 32.1. The van der Waals surface area contributed by atoms with Crippen molar-refractivity contribution in [1.82, 2.24) is 15.0 Å². The number of esters is 1. The molecule has 0 spiro atoms. The van der Waals surface area contributed by atoms with E-state index in [1.165, 1.54) is 12.0 Å². The van der Waals surface area contributed by atoms with Crippen LogP contribution in [0, 0.1) is 11.3 Å². The van der Waals surface area contributed by atoms with E-state index in [0.717, 1.165) is 29.5 Å². The van der Waals surface area contributed by atoms with Crippen LogP contribution in [0.2, 0.25) is 0 Å². The van der Waals surface area contributed by atoms with Crippen LogP contribution >= 0.6 is 11.3 Å². The quantitative estimate of drug-likeness (QED) is 0.787. The molecule has 3 rings (SSSR count). The van der Waals surface area contributed by atoms with Crippen molar-refractivity contribution < 1.29 is 9.53 Å². The molecule has 2 heterocycles. The number of methoxy groups -OCH3 is 1. The molecule has 2 aromatic rings. The third-order valence-corrected chi connectivity index (χ3v) is 5.81. The Kier molecular flexibility index (Phi) is 4.00. The molecule has 0 fully saturated rings. The van der Waals surface area contributed by atoms with Gasteiger partial charge in [0, 0.05) is 4.88 Å². The van der Waals surface area contributed by atoms with Crippen LogP contribution in [0.25, 0.3) is 10.2 Å². The monoisotopic (exact) mass is 335 g/mol. The Balaban J connectivity index is 2.04. The van der Waals surface area contributed by atoms with Crippen molar-refractivity contribution in [3.8, 4) is 0 Å². The number of hydrogen-bond acceptors (Lipinski definition) is 6. The number of fused-ring (bicyclic) bond motifs is 3. The van der Waals surface area contributed by atoms with Crippen LogP contribution < -0.4 is 5.56 Å². The smallest absolute Gasteiger partial charge is 0.327 e. The van der Waals surface area contributed by atoms with Gasteiger partial charge in [-0.15, -0.1) is 16.4 Å². The second kappa shape index (κ2) is 5.70. The summed E-state index contributed by atoms with van der Waals surface area (Å²) in [5, 5.41) is 8.65. The van der Waals surface area contributed by atoms with Crippen molar-refractivity contribution in [3.05, 3.63) is 20.8 Å². The fraction of sp³-hybridized carbons (Fsp3) is 0.625. The van der Waals surface area contributed by atoms with Gasteiger partial charge in [0.25, 0.3) is 5.56 Å². The summed E-state index contributed by atoms with van der Waals surface area (Å²) in [6.07, 6.45) is 2.94. The summed E-state index contributed by atoms with van der Waals surface area (Å²) in [7, 11) is 1.29. The van der Waals surface area contributed by atoms with Crippen molar-refractivity contribution in [2.24, 2.45) is 11.3 Å². The Morgan fingerprint density at radius 1 is 1.43 bits per heavy atom. The molecule has 2 aromatic heterocycles. The number of thiophene rings is 1. The SMILES string of the molecule is COC(=O)Cn1nnc2sc3c(c2c1=O)CC[C@H](C(C)(C)C)C3. The largest absolute Gasteiger partial charge is 0.468 e. The molecule has 0 N–H and O–H groups in total. The average Bonchev–Trinajstić information content (AvgIpc) is 2.87. The second-order valence-electron chi connectivity index (χ2n) is 7.12. The minimum absolute atomic E-state index is 0.201. The zero-order valence-corrected chi connectivity index (χ0v) is 14.7. The topological polar surface area (TPSA) is 74.1 Å². The van der Waals surface area contributed by atoms with Crippen molar-refractivity contribution >= 4 is 27.5 Å². The first-order valence-corrected chi connectivity index (χ1v) is 8.57. The van der Waals surface area contributed by atoms with E-state index < -0.39 is 5.97 Å². The third kappa shape index (κ3) is 2.89. The predicted octanol–water partition coefficient (Wildman–Crippen LogP) is 2.18. The minimum Gasteiger partial charge on any atom is -0.468 e. The van der Waals surface area contributed by atoms with Crippen molar-refractivity contribution in [1.29, 1.82) is 0 Å². The van der Waals surface area contributed by atoms with Crippen molar-refractivity contribution in [2.45, 2.75) is 46.6 Å². The number of carbonyl (C=O) groups excluding carboxylic acids is 1. The molecule has 0 amide bonds. The van der Waals surface area contributed by atoms with E-state index in [1.54, 1.807) is 11.3 Å². The van der Waals surface area contributed by atoms with Crippen LogP contribution in [0.3, 0.4) is 0 Å². The number of aryl methyl sites for hydroxylation is 1. The highest BCUT2D eigenvalue weighted by Gasteiger charge is 2.32. The maximum atomic E-state index is 12.7. The number of aromatic nitrogens is 3. The lowest BCUT2D eigenvalue weighted by Gasteiger charge is -2.33. The van der Waals surface area contributed by atoms with Gasteiger partial charge in [0.1, 0.15) is 6.54 Å². The molecule has 1 atom stereocenters. The molecule has 1 aliphatic carbocycles. The number of nitrogens with zero attached hydrogens (tertiary/aromatic N) is 3. The molecular formula is C16H21N3O3S. The highest BCUT2D eigenvalue weighted by Crippen LogP contribution is 2.41. The molecule has 0 unspecified atom stereocenters. The summed E-state index contributed by atoms with van der Waals surface area (Å²) in [5.74, 6) is 0.103. The third-order valence-electron chi connectivity index (χ3n) is 4.67. The Morgan fingerprint density at radius 2 is 2.17 bits per heavy atom. The number of hydrogen-bond donors (Lipinski definition) is 0. The Labute approximate surface area is 138 Å². The Hall–Kier alpha value is -1.76. The zero-order valence-electron chi connectivity index (χ0n) is 13.9. The first-order chi connectivity index (χ1) is 10.8. The van der Waals surface area contributed by atoms with Gasteiger partial charge in [0.2, 0.25) is 0 Å². The van der Waals surface area contributed by atoms with E-state index in [-0.39, 0.29) is 17.5 Å². The van der Waals surface area contributed by atoms with Crippen molar-refractivity contribution in [2.75, 3.05) is 7.11 Å². The van der Waals surface area contributed by atoms with Crippen LogP contribution in [-0.2, 0) is 28.9 Å². The zero-order chi connectivity index (χ0) is 16.8. The van der Waals surface area contributed by atoms with Crippen LogP contribution in [0.15, 0.2) is 4.79 Å². The summed E-state index contributed by atoms with van der Waals surface area (Å²) in [6, 6.07) is 0. The molecule has 23 heavy (non-hydrogen) atoms. The van der Waals surface area contributed by atoms with Gasteiger partial charge in [-0.25, -0.2) is 0 Å².